The van der Waals surface area contributed by atoms with Crippen molar-refractivity contribution in [1.29, 1.82) is 0 Å². The van der Waals surface area contributed by atoms with Crippen LogP contribution in [0.2, 0.25) is 0 Å². The molecule has 0 spiro atoms. The minimum atomic E-state index is -3.77. The third-order valence-electron chi connectivity index (χ3n) is 6.40. The van der Waals surface area contributed by atoms with Crippen molar-refractivity contribution >= 4 is 31.7 Å². The van der Waals surface area contributed by atoms with E-state index in [-0.39, 0.29) is 29.5 Å². The van der Waals surface area contributed by atoms with Gasteiger partial charge in [0.2, 0.25) is 10.0 Å². The van der Waals surface area contributed by atoms with Crippen LogP contribution in [0.25, 0.3) is 0 Å². The van der Waals surface area contributed by atoms with Gasteiger partial charge in [0.05, 0.1) is 22.6 Å². The summed E-state index contributed by atoms with van der Waals surface area (Å²) in [5.41, 5.74) is 0.324. The van der Waals surface area contributed by atoms with Gasteiger partial charge in [0.1, 0.15) is 24.2 Å². The zero-order chi connectivity index (χ0) is 29.5. The number of methoxy groups -OCH3 is 1. The lowest BCUT2D eigenvalue weighted by atomic mass is 10.3. The molecule has 4 rings (SSSR count). The first-order chi connectivity index (χ1) is 19.6. The summed E-state index contributed by atoms with van der Waals surface area (Å²) in [5.74, 6) is 0.502. The number of esters is 1. The Bertz CT molecular complexity index is 1520. The number of piperazine rings is 1. The van der Waals surface area contributed by atoms with E-state index in [0.29, 0.717) is 36.8 Å². The fraction of sp³-hybridized carbons (Fsp3) is 0.321. The van der Waals surface area contributed by atoms with Crippen molar-refractivity contribution in [2.45, 2.75) is 22.8 Å². The number of nitrogens with zero attached hydrogens (tertiary/aromatic N) is 2. The highest BCUT2D eigenvalue weighted by Gasteiger charge is 2.30. The maximum atomic E-state index is 13.0. The predicted octanol–water partition coefficient (Wildman–Crippen LogP) is 2.81. The van der Waals surface area contributed by atoms with Crippen molar-refractivity contribution in [3.63, 3.8) is 0 Å². The molecule has 1 aliphatic heterocycles. The van der Waals surface area contributed by atoms with Gasteiger partial charge >= 0.3 is 5.97 Å². The summed E-state index contributed by atoms with van der Waals surface area (Å²) in [7, 11) is -5.89. The van der Waals surface area contributed by atoms with Crippen molar-refractivity contribution < 1.29 is 35.8 Å². The molecule has 13 heteroatoms. The van der Waals surface area contributed by atoms with E-state index in [1.165, 1.54) is 42.6 Å². The monoisotopic (exact) mass is 603 g/mol. The van der Waals surface area contributed by atoms with E-state index in [0.717, 1.165) is 0 Å². The Kier molecular flexibility index (Phi) is 9.86. The molecule has 0 bridgehead atoms. The van der Waals surface area contributed by atoms with Crippen molar-refractivity contribution in [2.24, 2.45) is 0 Å². The number of rotatable bonds is 12. The number of ether oxygens (including phenoxy) is 3. The third-order valence-corrected chi connectivity index (χ3v) is 9.71. The number of anilines is 1. The molecule has 0 aliphatic carbocycles. The van der Waals surface area contributed by atoms with E-state index < -0.39 is 32.1 Å². The molecule has 1 atom stereocenters. The number of benzene rings is 3. The fourth-order valence-electron chi connectivity index (χ4n) is 4.35. The van der Waals surface area contributed by atoms with Crippen LogP contribution in [0.1, 0.15) is 6.92 Å². The Morgan fingerprint density at radius 2 is 1.54 bits per heavy atom. The first-order valence-electron chi connectivity index (χ1n) is 12.9. The van der Waals surface area contributed by atoms with Gasteiger partial charge in [-0.2, -0.15) is 4.31 Å². The smallest absolute Gasteiger partial charge is 0.303 e. The summed E-state index contributed by atoms with van der Waals surface area (Å²) in [6.45, 7) is 3.14. The summed E-state index contributed by atoms with van der Waals surface area (Å²) >= 11 is 0. The van der Waals surface area contributed by atoms with E-state index in [2.05, 4.69) is 4.72 Å². The minimum Gasteiger partial charge on any atom is -0.497 e. The van der Waals surface area contributed by atoms with Crippen LogP contribution >= 0.6 is 0 Å². The molecule has 1 fully saturated rings. The first-order valence-corrected chi connectivity index (χ1v) is 15.8. The molecular formula is C28H33N3O8S2. The standard InChI is InChI=1S/C28H33N3O8S2/c1-22(32)39-26(20-30-15-17-31(18-16-30)41(35,36)28-13-11-24(37-2)12-14-28)21-38-25-8-6-7-23(19-25)29-40(33,34)27-9-4-3-5-10-27/h3-14,19,26,29H,15-18,20-21H2,1-2H3. The number of carbonyl (C=O) groups excluding carboxylic acids is 1. The number of sulfonamides is 2. The number of nitrogens with one attached hydrogen (secondary N) is 1. The summed E-state index contributed by atoms with van der Waals surface area (Å²) in [6, 6.07) is 20.8. The molecule has 1 heterocycles. The quantitative estimate of drug-likeness (QED) is 0.311. The summed E-state index contributed by atoms with van der Waals surface area (Å²) in [5, 5.41) is 0. The molecular weight excluding hydrogens is 570 g/mol. The summed E-state index contributed by atoms with van der Waals surface area (Å²) in [6.07, 6.45) is -0.623. The fourth-order valence-corrected chi connectivity index (χ4v) is 6.84. The van der Waals surface area contributed by atoms with E-state index in [1.54, 1.807) is 54.6 Å². The third kappa shape index (κ3) is 8.19. The summed E-state index contributed by atoms with van der Waals surface area (Å²) in [4.78, 5) is 14.1. The van der Waals surface area contributed by atoms with E-state index in [9.17, 15) is 21.6 Å². The zero-order valence-electron chi connectivity index (χ0n) is 22.8. The Hall–Kier alpha value is -3.65. The first kappa shape index (κ1) is 30.3. The molecule has 41 heavy (non-hydrogen) atoms. The van der Waals surface area contributed by atoms with Crippen LogP contribution in [0.15, 0.2) is 88.7 Å². The molecule has 1 unspecified atom stereocenters. The molecule has 1 N–H and O–H groups in total. The topological polar surface area (TPSA) is 132 Å². The maximum Gasteiger partial charge on any atom is 0.303 e. The second kappa shape index (κ2) is 13.3. The Labute approximate surface area is 240 Å². The highest BCUT2D eigenvalue weighted by Crippen LogP contribution is 2.23. The lowest BCUT2D eigenvalue weighted by Crippen LogP contribution is -2.51. The van der Waals surface area contributed by atoms with Crippen LogP contribution < -0.4 is 14.2 Å². The zero-order valence-corrected chi connectivity index (χ0v) is 24.4. The molecule has 1 saturated heterocycles. The molecule has 1 aliphatic rings. The highest BCUT2D eigenvalue weighted by molar-refractivity contribution is 7.92. The van der Waals surface area contributed by atoms with Crippen molar-refractivity contribution in [1.82, 2.24) is 9.21 Å². The van der Waals surface area contributed by atoms with E-state index >= 15 is 0 Å². The van der Waals surface area contributed by atoms with Gasteiger partial charge in [-0.05, 0) is 48.5 Å². The van der Waals surface area contributed by atoms with Crippen LogP contribution in [0.3, 0.4) is 0 Å². The molecule has 220 valence electrons. The average Bonchev–Trinajstić information content (AvgIpc) is 2.96. The average molecular weight is 604 g/mol. The Morgan fingerprint density at radius 3 is 2.17 bits per heavy atom. The second-order valence-electron chi connectivity index (χ2n) is 9.37. The maximum absolute atomic E-state index is 13.0. The second-order valence-corrected chi connectivity index (χ2v) is 13.0. The lowest BCUT2D eigenvalue weighted by molar-refractivity contribution is -0.149. The van der Waals surface area contributed by atoms with Crippen LogP contribution in [0.4, 0.5) is 5.69 Å². The number of hydrogen-bond acceptors (Lipinski definition) is 9. The van der Waals surface area contributed by atoms with Gasteiger partial charge in [0.25, 0.3) is 10.0 Å². The van der Waals surface area contributed by atoms with Crippen LogP contribution in [0.5, 0.6) is 11.5 Å². The minimum absolute atomic E-state index is 0.0266. The molecule has 3 aromatic carbocycles. The number of hydrogen-bond donors (Lipinski definition) is 1. The number of carbonyl (C=O) groups is 1. The van der Waals surface area contributed by atoms with E-state index in [1.807, 2.05) is 4.90 Å². The van der Waals surface area contributed by atoms with Crippen LogP contribution in [-0.2, 0) is 29.6 Å². The predicted molar refractivity (Wildman–Crippen MR) is 153 cm³/mol. The van der Waals surface area contributed by atoms with Gasteiger partial charge in [-0.3, -0.25) is 14.4 Å². The van der Waals surface area contributed by atoms with Crippen molar-refractivity contribution in [2.75, 3.05) is 51.2 Å². The highest BCUT2D eigenvalue weighted by atomic mass is 32.2. The molecule has 0 radical (unpaired) electrons. The van der Waals surface area contributed by atoms with Crippen LogP contribution in [0, 0.1) is 0 Å². The lowest BCUT2D eigenvalue weighted by Gasteiger charge is -2.35. The molecule has 11 nitrogen and oxygen atoms in total. The Balaban J connectivity index is 1.33. The van der Waals surface area contributed by atoms with Gasteiger partial charge in [0, 0.05) is 45.7 Å². The van der Waals surface area contributed by atoms with Gasteiger partial charge in [-0.25, -0.2) is 16.8 Å². The van der Waals surface area contributed by atoms with E-state index in [4.69, 9.17) is 14.2 Å². The Morgan fingerprint density at radius 1 is 0.854 bits per heavy atom. The van der Waals surface area contributed by atoms with Crippen molar-refractivity contribution in [3.8, 4) is 11.5 Å². The van der Waals surface area contributed by atoms with Gasteiger partial charge in [-0.15, -0.1) is 0 Å². The van der Waals surface area contributed by atoms with Gasteiger partial charge < -0.3 is 14.2 Å². The molecule has 3 aromatic rings. The molecule has 0 saturated carbocycles. The largest absolute Gasteiger partial charge is 0.497 e. The van der Waals surface area contributed by atoms with Crippen LogP contribution in [-0.4, -0.2) is 84.6 Å². The summed E-state index contributed by atoms with van der Waals surface area (Å²) < 4.78 is 71.8. The normalized spacial score (nSPS) is 15.6. The van der Waals surface area contributed by atoms with Crippen molar-refractivity contribution in [3.05, 3.63) is 78.9 Å². The molecule has 0 amide bonds. The van der Waals surface area contributed by atoms with Gasteiger partial charge in [0.15, 0.2) is 0 Å². The SMILES string of the molecule is COc1ccc(S(=O)(=O)N2CCN(CC(COc3cccc(NS(=O)(=O)c4ccccc4)c3)OC(C)=O)CC2)cc1. The van der Waals surface area contributed by atoms with Gasteiger partial charge in [-0.1, -0.05) is 24.3 Å². The molecule has 0 aromatic heterocycles.